The fourth-order valence-electron chi connectivity index (χ4n) is 7.73. The van der Waals surface area contributed by atoms with Gasteiger partial charge in [0.05, 0.1) is 40.3 Å². The van der Waals surface area contributed by atoms with Gasteiger partial charge in [0, 0.05) is 12.8 Å². The molecule has 9 nitrogen and oxygen atoms in total. The van der Waals surface area contributed by atoms with E-state index in [0.717, 1.165) is 122 Å². The van der Waals surface area contributed by atoms with Crippen LogP contribution in [0.25, 0.3) is 0 Å². The Hall–Kier alpha value is -4.57. The molecule has 0 amide bonds. The highest BCUT2D eigenvalue weighted by molar-refractivity contribution is 5.70. The largest absolute Gasteiger partial charge is 0.545 e. The van der Waals surface area contributed by atoms with E-state index in [4.69, 9.17) is 18.9 Å². The summed E-state index contributed by atoms with van der Waals surface area (Å²) in [6, 6.07) is 0. The molecule has 0 aliphatic carbocycles. The summed E-state index contributed by atoms with van der Waals surface area (Å²) in [6.45, 7) is 4.57. The van der Waals surface area contributed by atoms with Gasteiger partial charge >= 0.3 is 11.9 Å². The van der Waals surface area contributed by atoms with Gasteiger partial charge in [-0.3, -0.25) is 9.59 Å². The van der Waals surface area contributed by atoms with Crippen molar-refractivity contribution < 1.29 is 42.9 Å². The summed E-state index contributed by atoms with van der Waals surface area (Å²) >= 11 is 0. The predicted molar refractivity (Wildman–Crippen MR) is 324 cm³/mol. The number of nitrogens with zero attached hydrogens (tertiary/aromatic N) is 1. The molecule has 0 heterocycles. The van der Waals surface area contributed by atoms with Crippen molar-refractivity contribution in [3.8, 4) is 0 Å². The molecule has 77 heavy (non-hydrogen) atoms. The van der Waals surface area contributed by atoms with E-state index in [9.17, 15) is 19.5 Å². The first-order valence-electron chi connectivity index (χ1n) is 30.3. The molecule has 0 aromatic heterocycles. The van der Waals surface area contributed by atoms with Crippen molar-refractivity contribution in [1.82, 2.24) is 0 Å². The molecule has 0 fully saturated rings. The van der Waals surface area contributed by atoms with Crippen LogP contribution in [0.5, 0.6) is 0 Å². The Morgan fingerprint density at radius 2 is 0.740 bits per heavy atom. The SMILES string of the molecule is CC/C=C\C/C=C\C/C=C\C/C=C\C/C=C\C/C=C\C/C=C\C/C=C\C/C=C\CCCCCCCCCC(=O)OC(COC(=O)CCCCCCCCC/C=C\C/C=C\CCCCC)COC(OCC[N+](C)(C)C)C(=O)[O-]. The number of carboxylic acid groups (broad SMARTS) is 1. The zero-order chi connectivity index (χ0) is 56.2. The lowest BCUT2D eigenvalue weighted by molar-refractivity contribution is -0.870. The second-order valence-corrected chi connectivity index (χ2v) is 20.9. The summed E-state index contributed by atoms with van der Waals surface area (Å²) in [5.74, 6) is -2.32. The van der Waals surface area contributed by atoms with Crippen LogP contribution in [0.15, 0.2) is 134 Å². The minimum atomic E-state index is -1.63. The standard InChI is InChI=1S/C68H111NO8/c1-6-8-10-12-14-16-18-20-22-24-25-26-27-28-29-30-31-32-33-34-35-36-37-38-39-40-41-43-45-47-49-51-53-55-57-59-66(71)77-64(63-76-68(67(72)73)74-61-60-69(3,4)5)62-75-65(70)58-56-54-52-50-48-46-44-42-23-21-19-17-15-13-11-9-7-2/h8,10,14-17,20-23,25-26,28-29,31-32,34-35,37-38,40-41,64,68H,6-7,9,11-13,18-19,24,27,30,33,36,39,42-63H2,1-5H3/b10-8-,16-14-,17-15-,22-20-,23-21-,26-25-,29-28-,32-31-,35-34-,38-37-,41-40-. The van der Waals surface area contributed by atoms with Crippen molar-refractivity contribution in [2.75, 3.05) is 47.5 Å². The number of rotatable bonds is 54. The van der Waals surface area contributed by atoms with E-state index in [1.54, 1.807) is 0 Å². The van der Waals surface area contributed by atoms with Gasteiger partial charge in [-0.25, -0.2) is 0 Å². The Labute approximate surface area is 471 Å². The fraction of sp³-hybridized carbons (Fsp3) is 0.632. The van der Waals surface area contributed by atoms with Crippen molar-refractivity contribution in [2.45, 2.75) is 232 Å². The lowest BCUT2D eigenvalue weighted by atomic mass is 10.1. The van der Waals surface area contributed by atoms with Crippen LogP contribution in [0, 0.1) is 0 Å². The van der Waals surface area contributed by atoms with Crippen LogP contribution in [0.1, 0.15) is 219 Å². The summed E-state index contributed by atoms with van der Waals surface area (Å²) in [5.41, 5.74) is 0. The minimum Gasteiger partial charge on any atom is -0.545 e. The Morgan fingerprint density at radius 1 is 0.403 bits per heavy atom. The monoisotopic (exact) mass is 1070 g/mol. The molecule has 0 aliphatic rings. The number of unbranched alkanes of at least 4 members (excludes halogenated alkanes) is 17. The third kappa shape index (κ3) is 58.9. The zero-order valence-corrected chi connectivity index (χ0v) is 49.5. The fourth-order valence-corrected chi connectivity index (χ4v) is 7.73. The Morgan fingerprint density at radius 3 is 1.10 bits per heavy atom. The number of esters is 2. The lowest BCUT2D eigenvalue weighted by Gasteiger charge is -2.26. The highest BCUT2D eigenvalue weighted by Gasteiger charge is 2.22. The van der Waals surface area contributed by atoms with Crippen LogP contribution in [0.4, 0.5) is 0 Å². The molecule has 0 N–H and O–H groups in total. The molecule has 0 bridgehead atoms. The molecule has 0 saturated heterocycles. The molecule has 9 heteroatoms. The smallest absolute Gasteiger partial charge is 0.306 e. The highest BCUT2D eigenvalue weighted by Crippen LogP contribution is 2.14. The quantitative estimate of drug-likeness (QED) is 0.0195. The second-order valence-electron chi connectivity index (χ2n) is 20.9. The van der Waals surface area contributed by atoms with Gasteiger partial charge in [0.2, 0.25) is 0 Å². The summed E-state index contributed by atoms with van der Waals surface area (Å²) < 4.78 is 22.7. The first kappa shape index (κ1) is 72.4. The van der Waals surface area contributed by atoms with Gasteiger partial charge in [-0.2, -0.15) is 0 Å². The van der Waals surface area contributed by atoms with E-state index < -0.39 is 24.3 Å². The van der Waals surface area contributed by atoms with E-state index in [0.29, 0.717) is 17.4 Å². The van der Waals surface area contributed by atoms with Crippen molar-refractivity contribution in [2.24, 2.45) is 0 Å². The van der Waals surface area contributed by atoms with Gasteiger partial charge in [0.1, 0.15) is 13.2 Å². The Kier molecular flexibility index (Phi) is 54.2. The molecule has 0 aromatic rings. The molecule has 0 radical (unpaired) electrons. The average molecular weight is 1070 g/mol. The second kappa shape index (κ2) is 57.6. The molecule has 436 valence electrons. The molecular weight excluding hydrogens is 959 g/mol. The van der Waals surface area contributed by atoms with E-state index in [1.807, 2.05) is 21.1 Å². The summed E-state index contributed by atoms with van der Waals surface area (Å²) in [7, 11) is 5.90. The number of ether oxygens (including phenoxy) is 4. The van der Waals surface area contributed by atoms with Crippen LogP contribution in [0.2, 0.25) is 0 Å². The topological polar surface area (TPSA) is 111 Å². The zero-order valence-electron chi connectivity index (χ0n) is 49.5. The number of carbonyl (C=O) groups is 3. The van der Waals surface area contributed by atoms with Gasteiger partial charge in [-0.1, -0.05) is 225 Å². The van der Waals surface area contributed by atoms with Crippen LogP contribution < -0.4 is 5.11 Å². The van der Waals surface area contributed by atoms with Crippen LogP contribution in [0.3, 0.4) is 0 Å². The molecule has 2 atom stereocenters. The van der Waals surface area contributed by atoms with E-state index in [1.165, 1.54) is 64.2 Å². The molecule has 0 rings (SSSR count). The third-order valence-electron chi connectivity index (χ3n) is 12.4. The van der Waals surface area contributed by atoms with Crippen molar-refractivity contribution in [3.05, 3.63) is 134 Å². The van der Waals surface area contributed by atoms with Crippen LogP contribution >= 0.6 is 0 Å². The number of carbonyl (C=O) groups excluding carboxylic acids is 3. The maximum absolute atomic E-state index is 12.9. The van der Waals surface area contributed by atoms with E-state index >= 15 is 0 Å². The number of allylic oxidation sites excluding steroid dienone is 22. The average Bonchev–Trinajstić information content (AvgIpc) is 3.40. The first-order chi connectivity index (χ1) is 37.6. The summed E-state index contributed by atoms with van der Waals surface area (Å²) in [4.78, 5) is 37.3. The molecule has 0 aromatic carbocycles. The molecule has 2 unspecified atom stereocenters. The van der Waals surface area contributed by atoms with Gasteiger partial charge in [-0.15, -0.1) is 0 Å². The van der Waals surface area contributed by atoms with Crippen molar-refractivity contribution >= 4 is 17.9 Å². The minimum absolute atomic E-state index is 0.137. The number of likely N-dealkylation sites (N-methyl/N-ethyl adjacent to an activating group) is 1. The summed E-state index contributed by atoms with van der Waals surface area (Å²) in [6.07, 6.45) is 79.3. The van der Waals surface area contributed by atoms with Gasteiger partial charge in [0.25, 0.3) is 0 Å². The first-order valence-corrected chi connectivity index (χ1v) is 30.3. The lowest BCUT2D eigenvalue weighted by Crippen LogP contribution is -2.44. The highest BCUT2D eigenvalue weighted by atomic mass is 16.7. The molecule has 0 saturated carbocycles. The van der Waals surface area contributed by atoms with Crippen molar-refractivity contribution in [1.29, 1.82) is 0 Å². The van der Waals surface area contributed by atoms with Gasteiger partial charge in [0.15, 0.2) is 12.4 Å². The predicted octanol–water partition coefficient (Wildman–Crippen LogP) is 16.9. The Bertz CT molecular complexity index is 1720. The number of quaternary nitrogens is 1. The maximum atomic E-state index is 12.9. The number of hydrogen-bond acceptors (Lipinski definition) is 8. The number of aliphatic carboxylic acids is 1. The number of carboxylic acids is 1. The van der Waals surface area contributed by atoms with Gasteiger partial charge in [-0.05, 0) is 116 Å². The molecule has 0 aliphatic heterocycles. The van der Waals surface area contributed by atoms with E-state index in [-0.39, 0.29) is 38.6 Å². The Balaban J connectivity index is 4.26. The van der Waals surface area contributed by atoms with Crippen LogP contribution in [-0.4, -0.2) is 82.3 Å². The normalized spacial score (nSPS) is 13.7. The van der Waals surface area contributed by atoms with Gasteiger partial charge < -0.3 is 33.3 Å². The van der Waals surface area contributed by atoms with Crippen LogP contribution in [-0.2, 0) is 33.3 Å². The molecular formula is C68H111NO8. The third-order valence-corrected chi connectivity index (χ3v) is 12.4. The van der Waals surface area contributed by atoms with E-state index in [2.05, 4.69) is 148 Å². The maximum Gasteiger partial charge on any atom is 0.306 e. The van der Waals surface area contributed by atoms with Crippen molar-refractivity contribution in [3.63, 3.8) is 0 Å². The number of hydrogen-bond donors (Lipinski definition) is 0. The molecule has 0 spiro atoms. The summed E-state index contributed by atoms with van der Waals surface area (Å²) in [5, 5.41) is 11.8.